The van der Waals surface area contributed by atoms with Gasteiger partial charge < -0.3 is 9.73 Å². The molecule has 6 nitrogen and oxygen atoms in total. The minimum Gasteiger partial charge on any atom is -0.459 e. The molecule has 0 fully saturated rings. The summed E-state index contributed by atoms with van der Waals surface area (Å²) in [6, 6.07) is 10.5. The van der Waals surface area contributed by atoms with Crippen LogP contribution in [-0.2, 0) is 4.79 Å². The van der Waals surface area contributed by atoms with Crippen LogP contribution in [0.4, 0.5) is 5.69 Å². The van der Waals surface area contributed by atoms with Crippen molar-refractivity contribution in [3.05, 3.63) is 54.0 Å². The number of hydrogen-bond donors (Lipinski definition) is 2. The van der Waals surface area contributed by atoms with Gasteiger partial charge in [0.2, 0.25) is 5.91 Å². The lowest BCUT2D eigenvalue weighted by molar-refractivity contribution is -0.121. The highest BCUT2D eigenvalue weighted by atomic mass is 16.3. The fourth-order valence-electron chi connectivity index (χ4n) is 2.03. The van der Waals surface area contributed by atoms with Gasteiger partial charge in [0.25, 0.3) is 5.91 Å². The first-order valence-electron chi connectivity index (χ1n) is 7.88. The molecule has 0 bridgehead atoms. The molecule has 2 N–H and O–H groups in total. The topological polar surface area (TPSA) is 83.7 Å². The molecule has 1 aromatic carbocycles. The van der Waals surface area contributed by atoms with E-state index in [1.165, 1.54) is 6.26 Å². The van der Waals surface area contributed by atoms with Crippen molar-refractivity contribution in [2.75, 3.05) is 5.32 Å². The van der Waals surface area contributed by atoms with Crippen LogP contribution in [0.1, 0.15) is 49.2 Å². The normalized spacial score (nSPS) is 11.2. The monoisotopic (exact) mass is 327 g/mol. The number of nitrogens with one attached hydrogen (secondary N) is 2. The number of hydrazone groups is 1. The maximum Gasteiger partial charge on any atom is 0.291 e. The molecule has 2 rings (SSSR count). The zero-order valence-electron chi connectivity index (χ0n) is 13.8. The number of amides is 2. The molecule has 126 valence electrons. The molecule has 1 aromatic heterocycles. The predicted molar refractivity (Wildman–Crippen MR) is 93.0 cm³/mol. The van der Waals surface area contributed by atoms with Crippen molar-refractivity contribution in [3.8, 4) is 0 Å². The molecule has 0 aliphatic heterocycles. The summed E-state index contributed by atoms with van der Waals surface area (Å²) in [6.07, 6.45) is 3.72. The molecule has 0 spiro atoms. The van der Waals surface area contributed by atoms with Crippen molar-refractivity contribution in [1.29, 1.82) is 0 Å². The first kappa shape index (κ1) is 17.5. The van der Waals surface area contributed by atoms with Crippen molar-refractivity contribution in [2.24, 2.45) is 5.10 Å². The number of nitrogens with zero attached hydrogens (tertiary/aromatic N) is 1. The maximum atomic E-state index is 12.0. The maximum absolute atomic E-state index is 12.0. The van der Waals surface area contributed by atoms with E-state index in [1.54, 1.807) is 31.2 Å². The van der Waals surface area contributed by atoms with Gasteiger partial charge in [-0.2, -0.15) is 5.10 Å². The Morgan fingerprint density at radius 1 is 1.21 bits per heavy atom. The molecule has 2 amide bonds. The van der Waals surface area contributed by atoms with Gasteiger partial charge in [0.15, 0.2) is 5.76 Å². The van der Waals surface area contributed by atoms with Crippen LogP contribution in [0.25, 0.3) is 0 Å². The second kappa shape index (κ2) is 8.67. The van der Waals surface area contributed by atoms with E-state index in [0.29, 0.717) is 17.8 Å². The van der Waals surface area contributed by atoms with E-state index in [1.807, 2.05) is 19.1 Å². The summed E-state index contributed by atoms with van der Waals surface area (Å²) in [4.78, 5) is 23.6. The summed E-state index contributed by atoms with van der Waals surface area (Å²) in [5, 5.41) is 6.86. The lowest BCUT2D eigenvalue weighted by Crippen LogP contribution is -2.18. The van der Waals surface area contributed by atoms with Crippen LogP contribution in [0.2, 0.25) is 0 Å². The van der Waals surface area contributed by atoms with Gasteiger partial charge in [-0.25, -0.2) is 5.43 Å². The third-order valence-electron chi connectivity index (χ3n) is 3.39. The van der Waals surface area contributed by atoms with Crippen LogP contribution in [0.15, 0.2) is 52.2 Å². The van der Waals surface area contributed by atoms with Crippen LogP contribution in [0.3, 0.4) is 0 Å². The third-order valence-corrected chi connectivity index (χ3v) is 3.39. The SMILES string of the molecule is CCCCC(=O)NN=C(C)c1cccc(NC(=O)c2ccco2)c1. The molecule has 0 unspecified atom stereocenters. The zero-order chi connectivity index (χ0) is 17.4. The number of rotatable bonds is 7. The van der Waals surface area contributed by atoms with E-state index in [-0.39, 0.29) is 17.6 Å². The largest absolute Gasteiger partial charge is 0.459 e. The lowest BCUT2D eigenvalue weighted by atomic mass is 10.1. The summed E-state index contributed by atoms with van der Waals surface area (Å²) in [7, 11) is 0. The summed E-state index contributed by atoms with van der Waals surface area (Å²) < 4.78 is 5.06. The Morgan fingerprint density at radius 2 is 2.04 bits per heavy atom. The second-order valence-corrected chi connectivity index (χ2v) is 5.35. The van der Waals surface area contributed by atoms with Gasteiger partial charge in [-0.1, -0.05) is 25.5 Å². The van der Waals surface area contributed by atoms with Crippen molar-refractivity contribution in [3.63, 3.8) is 0 Å². The standard InChI is InChI=1S/C18H21N3O3/c1-3-4-10-17(22)21-20-13(2)14-7-5-8-15(12-14)19-18(23)16-9-6-11-24-16/h5-9,11-12H,3-4,10H2,1-2H3,(H,19,23)(H,21,22). The Kier molecular flexibility index (Phi) is 6.31. The van der Waals surface area contributed by atoms with Gasteiger partial charge in [-0.15, -0.1) is 0 Å². The molecule has 0 radical (unpaired) electrons. The molecule has 0 atom stereocenters. The van der Waals surface area contributed by atoms with Crippen molar-refractivity contribution >= 4 is 23.2 Å². The Bertz CT molecular complexity index is 721. The summed E-state index contributed by atoms with van der Waals surface area (Å²) >= 11 is 0. The minimum absolute atomic E-state index is 0.0986. The van der Waals surface area contributed by atoms with Crippen LogP contribution in [-0.4, -0.2) is 17.5 Å². The molecule has 0 aliphatic rings. The van der Waals surface area contributed by atoms with Gasteiger partial charge in [-0.3, -0.25) is 9.59 Å². The number of benzene rings is 1. The van der Waals surface area contributed by atoms with Crippen LogP contribution in [0, 0.1) is 0 Å². The lowest BCUT2D eigenvalue weighted by Gasteiger charge is -2.07. The predicted octanol–water partition coefficient (Wildman–Crippen LogP) is 3.56. The first-order valence-corrected chi connectivity index (χ1v) is 7.88. The van der Waals surface area contributed by atoms with Gasteiger partial charge in [-0.05, 0) is 43.2 Å². The van der Waals surface area contributed by atoms with E-state index in [9.17, 15) is 9.59 Å². The summed E-state index contributed by atoms with van der Waals surface area (Å²) in [5.74, 6) is -0.174. The van der Waals surface area contributed by atoms with E-state index < -0.39 is 0 Å². The van der Waals surface area contributed by atoms with Gasteiger partial charge >= 0.3 is 0 Å². The average molecular weight is 327 g/mol. The van der Waals surface area contributed by atoms with E-state index in [0.717, 1.165) is 18.4 Å². The van der Waals surface area contributed by atoms with E-state index >= 15 is 0 Å². The third kappa shape index (κ3) is 5.08. The Morgan fingerprint density at radius 3 is 2.75 bits per heavy atom. The average Bonchev–Trinajstić information content (AvgIpc) is 3.12. The first-order chi connectivity index (χ1) is 11.6. The van der Waals surface area contributed by atoms with Crippen molar-refractivity contribution < 1.29 is 14.0 Å². The fraction of sp³-hybridized carbons (Fsp3) is 0.278. The smallest absolute Gasteiger partial charge is 0.291 e. The number of furan rings is 1. The Labute approximate surface area is 140 Å². The Hall–Kier alpha value is -2.89. The van der Waals surface area contributed by atoms with E-state index in [4.69, 9.17) is 4.42 Å². The summed E-state index contributed by atoms with van der Waals surface area (Å²) in [6.45, 7) is 3.83. The highest BCUT2D eigenvalue weighted by Gasteiger charge is 2.09. The molecule has 1 heterocycles. The molecule has 6 heteroatoms. The van der Waals surface area contributed by atoms with Crippen molar-refractivity contribution in [2.45, 2.75) is 33.1 Å². The minimum atomic E-state index is -0.320. The number of carbonyl (C=O) groups is 2. The van der Waals surface area contributed by atoms with Crippen LogP contribution in [0.5, 0.6) is 0 Å². The van der Waals surface area contributed by atoms with Gasteiger partial charge in [0.1, 0.15) is 0 Å². The molecule has 24 heavy (non-hydrogen) atoms. The number of anilines is 1. The molecular formula is C18H21N3O3. The molecule has 0 saturated carbocycles. The quantitative estimate of drug-likeness (QED) is 0.602. The number of hydrogen-bond acceptors (Lipinski definition) is 4. The zero-order valence-corrected chi connectivity index (χ0v) is 13.8. The molecule has 2 aromatic rings. The number of carbonyl (C=O) groups excluding carboxylic acids is 2. The van der Waals surface area contributed by atoms with Crippen LogP contribution < -0.4 is 10.7 Å². The highest BCUT2D eigenvalue weighted by Crippen LogP contribution is 2.13. The fourth-order valence-corrected chi connectivity index (χ4v) is 2.03. The molecule has 0 aliphatic carbocycles. The van der Waals surface area contributed by atoms with Crippen LogP contribution >= 0.6 is 0 Å². The molecular weight excluding hydrogens is 306 g/mol. The second-order valence-electron chi connectivity index (χ2n) is 5.35. The molecule has 0 saturated heterocycles. The van der Waals surface area contributed by atoms with Crippen molar-refractivity contribution in [1.82, 2.24) is 5.43 Å². The summed E-state index contributed by atoms with van der Waals surface area (Å²) in [5.41, 5.74) is 4.64. The Balaban J connectivity index is 2.01. The van der Waals surface area contributed by atoms with Gasteiger partial charge in [0.05, 0.1) is 12.0 Å². The highest BCUT2D eigenvalue weighted by molar-refractivity contribution is 6.04. The number of unbranched alkanes of at least 4 members (excludes halogenated alkanes) is 1. The van der Waals surface area contributed by atoms with E-state index in [2.05, 4.69) is 15.8 Å². The van der Waals surface area contributed by atoms with Gasteiger partial charge in [0, 0.05) is 12.1 Å².